The fraction of sp³-hybridized carbons (Fsp3) is 0.818. The standard InChI is InChI=1S/C11H22Si/c1-5-9-10-11-12(6-2,7-3)8-4/h5-9H2,1-4H3. The molecule has 0 atom stereocenters. The maximum absolute atomic E-state index is 3.57. The van der Waals surface area contributed by atoms with Gasteiger partial charge in [-0.3, -0.25) is 0 Å². The van der Waals surface area contributed by atoms with E-state index in [1.54, 1.807) is 0 Å². The fourth-order valence-electron chi connectivity index (χ4n) is 1.39. The third kappa shape index (κ3) is 3.45. The van der Waals surface area contributed by atoms with Gasteiger partial charge in [-0.15, -0.1) is 11.5 Å². The third-order valence-corrected chi connectivity index (χ3v) is 7.53. The summed E-state index contributed by atoms with van der Waals surface area (Å²) in [7, 11) is -1.12. The molecule has 0 spiro atoms. The molecular weight excluding hydrogens is 160 g/mol. The molecule has 70 valence electrons. The van der Waals surface area contributed by atoms with Crippen molar-refractivity contribution in [2.75, 3.05) is 0 Å². The molecule has 0 aliphatic heterocycles. The van der Waals surface area contributed by atoms with Crippen molar-refractivity contribution in [1.82, 2.24) is 0 Å². The van der Waals surface area contributed by atoms with Crippen molar-refractivity contribution in [2.24, 2.45) is 0 Å². The van der Waals surface area contributed by atoms with E-state index in [1.165, 1.54) is 24.6 Å². The summed E-state index contributed by atoms with van der Waals surface area (Å²) in [5, 5.41) is 0. The topological polar surface area (TPSA) is 0 Å². The number of hydrogen-bond acceptors (Lipinski definition) is 0. The summed E-state index contributed by atoms with van der Waals surface area (Å²) in [5.41, 5.74) is 3.57. The van der Waals surface area contributed by atoms with Gasteiger partial charge in [-0.25, -0.2) is 0 Å². The van der Waals surface area contributed by atoms with Gasteiger partial charge in [0.15, 0.2) is 0 Å². The second kappa shape index (κ2) is 6.31. The predicted octanol–water partition coefficient (Wildman–Crippen LogP) is 3.84. The summed E-state index contributed by atoms with van der Waals surface area (Å²) in [6.07, 6.45) is 2.30. The molecule has 0 aromatic rings. The van der Waals surface area contributed by atoms with Crippen LogP contribution in [0.25, 0.3) is 0 Å². The molecule has 0 N–H and O–H groups in total. The summed E-state index contributed by atoms with van der Waals surface area (Å²) < 4.78 is 0. The van der Waals surface area contributed by atoms with Gasteiger partial charge in [0.05, 0.1) is 0 Å². The van der Waals surface area contributed by atoms with E-state index in [0.29, 0.717) is 0 Å². The minimum atomic E-state index is -1.12. The van der Waals surface area contributed by atoms with E-state index in [-0.39, 0.29) is 0 Å². The second-order valence-corrected chi connectivity index (χ2v) is 8.32. The molecule has 0 aliphatic rings. The van der Waals surface area contributed by atoms with Crippen LogP contribution in [0.3, 0.4) is 0 Å². The highest BCUT2D eigenvalue weighted by molar-refractivity contribution is 6.87. The smallest absolute Gasteiger partial charge is 0.131 e. The molecule has 0 aromatic heterocycles. The van der Waals surface area contributed by atoms with Crippen LogP contribution >= 0.6 is 0 Å². The zero-order valence-corrected chi connectivity index (χ0v) is 10.0. The SMILES string of the molecule is CCCC#C[Si](CC)(CC)CC. The van der Waals surface area contributed by atoms with Gasteiger partial charge in [0.1, 0.15) is 8.07 Å². The van der Waals surface area contributed by atoms with E-state index in [4.69, 9.17) is 0 Å². The highest BCUT2D eigenvalue weighted by Gasteiger charge is 2.23. The van der Waals surface area contributed by atoms with Crippen molar-refractivity contribution in [1.29, 1.82) is 0 Å². The van der Waals surface area contributed by atoms with Crippen LogP contribution in [0.1, 0.15) is 40.5 Å². The van der Waals surface area contributed by atoms with E-state index in [9.17, 15) is 0 Å². The molecule has 0 fully saturated rings. The minimum absolute atomic E-state index is 1.09. The van der Waals surface area contributed by atoms with Crippen molar-refractivity contribution in [3.63, 3.8) is 0 Å². The average molecular weight is 182 g/mol. The number of rotatable bonds is 4. The Morgan fingerprint density at radius 1 is 0.917 bits per heavy atom. The van der Waals surface area contributed by atoms with Gasteiger partial charge >= 0.3 is 0 Å². The Balaban J connectivity index is 4.22. The predicted molar refractivity (Wildman–Crippen MR) is 59.9 cm³/mol. The van der Waals surface area contributed by atoms with Crippen LogP contribution in [-0.4, -0.2) is 8.07 Å². The van der Waals surface area contributed by atoms with E-state index in [2.05, 4.69) is 39.2 Å². The molecule has 0 saturated carbocycles. The van der Waals surface area contributed by atoms with E-state index < -0.39 is 8.07 Å². The van der Waals surface area contributed by atoms with Crippen molar-refractivity contribution in [3.05, 3.63) is 0 Å². The van der Waals surface area contributed by atoms with Crippen LogP contribution in [0, 0.1) is 11.5 Å². The van der Waals surface area contributed by atoms with Crippen LogP contribution < -0.4 is 0 Å². The van der Waals surface area contributed by atoms with Crippen LogP contribution in [0.5, 0.6) is 0 Å². The number of hydrogen-bond donors (Lipinski definition) is 0. The largest absolute Gasteiger partial charge is 0.137 e. The summed E-state index contributed by atoms with van der Waals surface area (Å²) in [6.45, 7) is 9.11. The Hall–Kier alpha value is -0.223. The summed E-state index contributed by atoms with van der Waals surface area (Å²) in [4.78, 5) is 0. The van der Waals surface area contributed by atoms with Gasteiger partial charge in [-0.1, -0.05) is 27.7 Å². The highest BCUT2D eigenvalue weighted by Crippen LogP contribution is 2.18. The average Bonchev–Trinajstić information content (AvgIpc) is 2.14. The Kier molecular flexibility index (Phi) is 6.19. The van der Waals surface area contributed by atoms with Crippen molar-refractivity contribution < 1.29 is 0 Å². The lowest BCUT2D eigenvalue weighted by Gasteiger charge is -2.19. The summed E-state index contributed by atoms with van der Waals surface area (Å²) in [5.74, 6) is 3.34. The fourth-order valence-corrected chi connectivity index (χ4v) is 3.92. The normalized spacial score (nSPS) is 10.7. The Morgan fingerprint density at radius 2 is 1.42 bits per heavy atom. The van der Waals surface area contributed by atoms with Crippen molar-refractivity contribution >= 4 is 8.07 Å². The van der Waals surface area contributed by atoms with E-state index in [1.807, 2.05) is 0 Å². The lowest BCUT2D eigenvalue weighted by Crippen LogP contribution is -2.29. The van der Waals surface area contributed by atoms with Gasteiger partial charge in [0.2, 0.25) is 0 Å². The van der Waals surface area contributed by atoms with Crippen molar-refractivity contribution in [2.45, 2.75) is 58.7 Å². The summed E-state index contributed by atoms with van der Waals surface area (Å²) in [6, 6.07) is 3.99. The molecule has 0 nitrogen and oxygen atoms in total. The van der Waals surface area contributed by atoms with Gasteiger partial charge < -0.3 is 0 Å². The molecule has 0 amide bonds. The van der Waals surface area contributed by atoms with Crippen LogP contribution in [0.2, 0.25) is 18.1 Å². The molecule has 12 heavy (non-hydrogen) atoms. The first kappa shape index (κ1) is 11.8. The first-order valence-electron chi connectivity index (χ1n) is 5.24. The monoisotopic (exact) mass is 182 g/mol. The molecule has 0 aromatic carbocycles. The molecule has 0 radical (unpaired) electrons. The third-order valence-electron chi connectivity index (χ3n) is 2.76. The maximum Gasteiger partial charge on any atom is 0.137 e. The summed E-state index contributed by atoms with van der Waals surface area (Å²) >= 11 is 0. The molecule has 1 heteroatoms. The van der Waals surface area contributed by atoms with Crippen LogP contribution in [0.15, 0.2) is 0 Å². The number of unbranched alkanes of at least 4 members (excludes halogenated alkanes) is 1. The van der Waals surface area contributed by atoms with Crippen LogP contribution in [-0.2, 0) is 0 Å². The lowest BCUT2D eigenvalue weighted by atomic mass is 10.4. The molecule has 0 bridgehead atoms. The van der Waals surface area contributed by atoms with Gasteiger partial charge in [0.25, 0.3) is 0 Å². The molecule has 0 aliphatic carbocycles. The highest BCUT2D eigenvalue weighted by atomic mass is 28.3. The first-order chi connectivity index (χ1) is 5.74. The molecular formula is C11H22Si. The van der Waals surface area contributed by atoms with E-state index in [0.717, 1.165) is 6.42 Å². The molecule has 0 heterocycles. The lowest BCUT2D eigenvalue weighted by molar-refractivity contribution is 0.983. The first-order valence-corrected chi connectivity index (χ1v) is 7.86. The Bertz CT molecular complexity index is 149. The van der Waals surface area contributed by atoms with E-state index >= 15 is 0 Å². The second-order valence-electron chi connectivity index (χ2n) is 3.39. The Morgan fingerprint density at radius 3 is 1.75 bits per heavy atom. The van der Waals surface area contributed by atoms with Crippen molar-refractivity contribution in [3.8, 4) is 11.5 Å². The maximum atomic E-state index is 3.57. The Labute approximate surface area is 78.8 Å². The molecule has 0 rings (SSSR count). The quantitative estimate of drug-likeness (QED) is 0.458. The van der Waals surface area contributed by atoms with Gasteiger partial charge in [-0.05, 0) is 24.6 Å². The van der Waals surface area contributed by atoms with Gasteiger partial charge in [-0.2, -0.15) is 0 Å². The van der Waals surface area contributed by atoms with Gasteiger partial charge in [0, 0.05) is 6.42 Å². The molecule has 0 unspecified atom stereocenters. The minimum Gasteiger partial charge on any atom is -0.131 e. The van der Waals surface area contributed by atoms with Crippen LogP contribution in [0.4, 0.5) is 0 Å². The zero-order valence-electron chi connectivity index (χ0n) is 9.04. The zero-order chi connectivity index (χ0) is 9.45. The molecule has 0 saturated heterocycles.